The first kappa shape index (κ1) is 20.9. The molecule has 0 saturated carbocycles. The van der Waals surface area contributed by atoms with E-state index in [1.54, 1.807) is 11.8 Å². The van der Waals surface area contributed by atoms with E-state index in [-0.39, 0.29) is 12.0 Å². The number of nitrogens with zero attached hydrogens (tertiary/aromatic N) is 3. The molecule has 0 aliphatic carbocycles. The van der Waals surface area contributed by atoms with Crippen molar-refractivity contribution in [2.24, 2.45) is 0 Å². The van der Waals surface area contributed by atoms with Gasteiger partial charge in [-0.25, -0.2) is 4.79 Å². The second kappa shape index (κ2) is 11.4. The molecule has 1 aromatic rings. The van der Waals surface area contributed by atoms with Gasteiger partial charge in [-0.2, -0.15) is 11.8 Å². The molecule has 0 amide bonds. The largest absolute Gasteiger partial charge is 0.467 e. The average molecular weight is 397 g/mol. The Bertz CT molecular complexity index is 566. The van der Waals surface area contributed by atoms with Crippen molar-refractivity contribution in [2.75, 3.05) is 51.8 Å². The van der Waals surface area contributed by atoms with E-state index in [1.807, 2.05) is 18.6 Å². The number of ether oxygens (including phenoxy) is 1. The monoisotopic (exact) mass is 396 g/mol. The van der Waals surface area contributed by atoms with Gasteiger partial charge in [-0.05, 0) is 54.8 Å². The van der Waals surface area contributed by atoms with Gasteiger partial charge < -0.3 is 15.0 Å². The lowest BCUT2D eigenvalue weighted by atomic mass is 10.2. The number of esters is 1. The number of carbonyl (C=O) groups excluding carboxylic acids is 1. The third-order valence-electron chi connectivity index (χ3n) is 4.52. The normalized spacial score (nSPS) is 16.2. The highest BCUT2D eigenvalue weighted by atomic mass is 32.2. The molecule has 6 nitrogen and oxygen atoms in total. The predicted octanol–water partition coefficient (Wildman–Crippen LogP) is 1.41. The first-order valence-electron chi connectivity index (χ1n) is 8.87. The molecule has 0 spiro atoms. The van der Waals surface area contributed by atoms with Gasteiger partial charge in [-0.15, -0.1) is 0 Å². The van der Waals surface area contributed by atoms with Gasteiger partial charge in [0.25, 0.3) is 0 Å². The van der Waals surface area contributed by atoms with Gasteiger partial charge in [0, 0.05) is 45.1 Å². The molecular formula is C18H28N4O2S2. The maximum absolute atomic E-state index is 11.9. The molecule has 0 aromatic carbocycles. The minimum atomic E-state index is -0.371. The van der Waals surface area contributed by atoms with E-state index < -0.39 is 0 Å². The Balaban J connectivity index is 1.75. The van der Waals surface area contributed by atoms with E-state index in [9.17, 15) is 4.79 Å². The second-order valence-electron chi connectivity index (χ2n) is 6.24. The van der Waals surface area contributed by atoms with Crippen LogP contribution in [0, 0.1) is 0 Å². The number of thiocarbonyl (C=S) groups is 1. The summed E-state index contributed by atoms with van der Waals surface area (Å²) in [6, 6.07) is 3.76. The van der Waals surface area contributed by atoms with Crippen molar-refractivity contribution < 1.29 is 9.53 Å². The molecule has 144 valence electrons. The highest BCUT2D eigenvalue weighted by molar-refractivity contribution is 7.98. The van der Waals surface area contributed by atoms with Crippen molar-refractivity contribution in [3.8, 4) is 0 Å². The Morgan fingerprint density at radius 3 is 2.65 bits per heavy atom. The van der Waals surface area contributed by atoms with Crippen LogP contribution in [0.1, 0.15) is 12.0 Å². The van der Waals surface area contributed by atoms with E-state index in [2.05, 4.69) is 32.2 Å². The number of aromatic nitrogens is 1. The number of hydrogen-bond acceptors (Lipinski definition) is 6. The maximum atomic E-state index is 11.9. The molecule has 1 saturated heterocycles. The zero-order valence-electron chi connectivity index (χ0n) is 15.5. The van der Waals surface area contributed by atoms with Gasteiger partial charge in [0.1, 0.15) is 6.04 Å². The predicted molar refractivity (Wildman–Crippen MR) is 110 cm³/mol. The molecule has 1 aromatic heterocycles. The number of methoxy groups -OCH3 is 1. The molecule has 1 atom stereocenters. The van der Waals surface area contributed by atoms with Crippen molar-refractivity contribution in [1.29, 1.82) is 0 Å². The summed E-state index contributed by atoms with van der Waals surface area (Å²) in [4.78, 5) is 20.6. The summed E-state index contributed by atoms with van der Waals surface area (Å²) in [6.07, 6.45) is 7.44. The first-order valence-corrected chi connectivity index (χ1v) is 10.7. The minimum absolute atomic E-state index is 0.252. The number of hydrogen-bond donors (Lipinski definition) is 1. The molecule has 1 N–H and O–H groups in total. The molecule has 0 radical (unpaired) electrons. The van der Waals surface area contributed by atoms with Gasteiger partial charge >= 0.3 is 5.97 Å². The smallest absolute Gasteiger partial charge is 0.328 e. The van der Waals surface area contributed by atoms with Gasteiger partial charge in [0.15, 0.2) is 5.11 Å². The van der Waals surface area contributed by atoms with Crippen molar-refractivity contribution >= 4 is 35.1 Å². The van der Waals surface area contributed by atoms with Crippen LogP contribution in [-0.2, 0) is 16.0 Å². The van der Waals surface area contributed by atoms with E-state index in [0.717, 1.165) is 44.9 Å². The van der Waals surface area contributed by atoms with Crippen LogP contribution in [0.5, 0.6) is 0 Å². The van der Waals surface area contributed by atoms with Crippen LogP contribution in [0.25, 0.3) is 0 Å². The van der Waals surface area contributed by atoms with Gasteiger partial charge in [-0.1, -0.05) is 0 Å². The zero-order valence-corrected chi connectivity index (χ0v) is 17.2. The van der Waals surface area contributed by atoms with E-state index in [4.69, 9.17) is 17.0 Å². The van der Waals surface area contributed by atoms with Crippen LogP contribution in [0.3, 0.4) is 0 Å². The van der Waals surface area contributed by atoms with Gasteiger partial charge in [0.05, 0.1) is 7.11 Å². The fraction of sp³-hybridized carbons (Fsp3) is 0.611. The highest BCUT2D eigenvalue weighted by Gasteiger charge is 2.24. The lowest BCUT2D eigenvalue weighted by molar-refractivity contribution is -0.142. The van der Waals surface area contributed by atoms with Gasteiger partial charge in [0.2, 0.25) is 0 Å². The number of thioether (sulfide) groups is 1. The molecule has 2 rings (SSSR count). The molecule has 0 bridgehead atoms. The molecular weight excluding hydrogens is 368 g/mol. The zero-order chi connectivity index (χ0) is 18.8. The van der Waals surface area contributed by atoms with Gasteiger partial charge in [-0.3, -0.25) is 9.88 Å². The average Bonchev–Trinajstić information content (AvgIpc) is 2.70. The summed E-state index contributed by atoms with van der Waals surface area (Å²) in [7, 11) is 1.42. The standard InChI is InChI=1S/C18H28N4O2S2/c1-24-17(23)16(6-14-26-2)20-18(25)22-12-10-21(11-13-22)9-5-15-3-7-19-8-4-15/h3-4,7-8,16H,5-6,9-14H2,1-2H3,(H,20,25)/t16-/m1/s1. The number of piperazine rings is 1. The van der Waals surface area contributed by atoms with Crippen LogP contribution in [-0.4, -0.2) is 83.7 Å². The Morgan fingerprint density at radius 1 is 1.35 bits per heavy atom. The van der Waals surface area contributed by atoms with Crippen molar-refractivity contribution in [3.63, 3.8) is 0 Å². The number of pyridine rings is 1. The third kappa shape index (κ3) is 6.74. The Morgan fingerprint density at radius 2 is 2.04 bits per heavy atom. The lowest BCUT2D eigenvalue weighted by Crippen LogP contribution is -2.54. The van der Waals surface area contributed by atoms with Crippen molar-refractivity contribution in [1.82, 2.24) is 20.1 Å². The molecule has 1 aliphatic rings. The molecule has 26 heavy (non-hydrogen) atoms. The summed E-state index contributed by atoms with van der Waals surface area (Å²) < 4.78 is 4.89. The molecule has 1 fully saturated rings. The number of carbonyl (C=O) groups is 1. The SMILES string of the molecule is COC(=O)[C@@H](CCSC)NC(=S)N1CCN(CCc2ccncc2)CC1. The Labute approximate surface area is 165 Å². The van der Waals surface area contributed by atoms with E-state index in [0.29, 0.717) is 11.5 Å². The topological polar surface area (TPSA) is 57.7 Å². The van der Waals surface area contributed by atoms with E-state index >= 15 is 0 Å². The lowest BCUT2D eigenvalue weighted by Gasteiger charge is -2.37. The Kier molecular flexibility index (Phi) is 9.14. The first-order chi connectivity index (χ1) is 12.6. The summed E-state index contributed by atoms with van der Waals surface area (Å²) in [6.45, 7) is 4.73. The third-order valence-corrected chi connectivity index (χ3v) is 5.54. The highest BCUT2D eigenvalue weighted by Crippen LogP contribution is 2.08. The fourth-order valence-corrected chi connectivity index (χ4v) is 3.67. The number of nitrogens with one attached hydrogen (secondary N) is 1. The van der Waals surface area contributed by atoms with Crippen LogP contribution < -0.4 is 5.32 Å². The van der Waals surface area contributed by atoms with Crippen LogP contribution in [0.2, 0.25) is 0 Å². The molecule has 2 heterocycles. The quantitative estimate of drug-likeness (QED) is 0.523. The molecule has 0 unspecified atom stereocenters. The van der Waals surface area contributed by atoms with Crippen molar-refractivity contribution in [2.45, 2.75) is 18.9 Å². The summed E-state index contributed by atoms with van der Waals surface area (Å²) in [5.74, 6) is 0.635. The fourth-order valence-electron chi connectivity index (χ4n) is 2.88. The number of rotatable bonds is 8. The molecule has 8 heteroatoms. The summed E-state index contributed by atoms with van der Waals surface area (Å²) in [5, 5.41) is 3.84. The summed E-state index contributed by atoms with van der Waals surface area (Å²) in [5.41, 5.74) is 1.31. The van der Waals surface area contributed by atoms with Crippen LogP contribution in [0.4, 0.5) is 0 Å². The van der Waals surface area contributed by atoms with Crippen molar-refractivity contribution in [3.05, 3.63) is 30.1 Å². The minimum Gasteiger partial charge on any atom is -0.467 e. The van der Waals surface area contributed by atoms with Crippen LogP contribution in [0.15, 0.2) is 24.5 Å². The summed E-state index contributed by atoms with van der Waals surface area (Å²) >= 11 is 7.23. The second-order valence-corrected chi connectivity index (χ2v) is 7.61. The van der Waals surface area contributed by atoms with Crippen LogP contribution >= 0.6 is 24.0 Å². The molecule has 1 aliphatic heterocycles. The van der Waals surface area contributed by atoms with E-state index in [1.165, 1.54) is 12.7 Å². The Hall–Kier alpha value is -1.38. The maximum Gasteiger partial charge on any atom is 0.328 e.